The summed E-state index contributed by atoms with van der Waals surface area (Å²) in [6.07, 6.45) is 0. The SMILES string of the molecule is Cc1ccc([S@](=O)c2ccccc2[C@H]2[C@@H](c3cccs3)N2[S@](=O)c2ccc(C)cc2)cc1. The third-order valence-corrected chi connectivity index (χ3v) is 9.61. The zero-order chi connectivity index (χ0) is 22.2. The van der Waals surface area contributed by atoms with Crippen LogP contribution >= 0.6 is 11.3 Å². The molecule has 0 amide bonds. The van der Waals surface area contributed by atoms with Crippen molar-refractivity contribution in [3.63, 3.8) is 0 Å². The molecule has 1 aliphatic heterocycles. The zero-order valence-electron chi connectivity index (χ0n) is 17.8. The molecule has 5 atom stereocenters. The van der Waals surface area contributed by atoms with Crippen molar-refractivity contribution in [2.45, 2.75) is 40.6 Å². The van der Waals surface area contributed by atoms with Gasteiger partial charge >= 0.3 is 0 Å². The van der Waals surface area contributed by atoms with Gasteiger partial charge in [-0.05, 0) is 61.2 Å². The molecule has 0 N–H and O–H groups in total. The van der Waals surface area contributed by atoms with Crippen LogP contribution in [0.1, 0.15) is 33.7 Å². The van der Waals surface area contributed by atoms with Crippen molar-refractivity contribution in [3.8, 4) is 0 Å². The monoisotopic (exact) mass is 477 g/mol. The van der Waals surface area contributed by atoms with Crippen LogP contribution in [0.5, 0.6) is 0 Å². The molecule has 0 saturated carbocycles. The molecule has 0 aliphatic carbocycles. The van der Waals surface area contributed by atoms with Gasteiger partial charge in [-0.3, -0.25) is 0 Å². The van der Waals surface area contributed by atoms with E-state index in [1.54, 1.807) is 11.3 Å². The van der Waals surface area contributed by atoms with Crippen LogP contribution in [0.15, 0.2) is 105 Å². The normalized spacial score (nSPS) is 21.8. The largest absolute Gasteiger partial charge is 0.249 e. The van der Waals surface area contributed by atoms with Gasteiger partial charge in [0.1, 0.15) is 11.0 Å². The van der Waals surface area contributed by atoms with Crippen molar-refractivity contribution in [2.24, 2.45) is 0 Å². The summed E-state index contributed by atoms with van der Waals surface area (Å²) in [4.78, 5) is 3.53. The van der Waals surface area contributed by atoms with Crippen molar-refractivity contribution < 1.29 is 8.42 Å². The highest BCUT2D eigenvalue weighted by Crippen LogP contribution is 2.58. The van der Waals surface area contributed by atoms with Crippen LogP contribution in [0.2, 0.25) is 0 Å². The van der Waals surface area contributed by atoms with E-state index in [-0.39, 0.29) is 12.1 Å². The molecule has 4 aromatic rings. The highest BCUT2D eigenvalue weighted by atomic mass is 32.2. The molecule has 0 radical (unpaired) electrons. The summed E-state index contributed by atoms with van der Waals surface area (Å²) >= 11 is 1.67. The molecule has 162 valence electrons. The molecule has 1 fully saturated rings. The first kappa shape index (κ1) is 21.5. The lowest BCUT2D eigenvalue weighted by atomic mass is 10.1. The Bertz CT molecular complexity index is 1280. The number of benzene rings is 3. The lowest BCUT2D eigenvalue weighted by Gasteiger charge is -2.10. The number of thiophene rings is 1. The molecule has 0 bridgehead atoms. The zero-order valence-corrected chi connectivity index (χ0v) is 20.3. The van der Waals surface area contributed by atoms with E-state index in [0.717, 1.165) is 31.4 Å². The van der Waals surface area contributed by atoms with E-state index >= 15 is 0 Å². The van der Waals surface area contributed by atoms with Crippen LogP contribution in [0.25, 0.3) is 0 Å². The fraction of sp³-hybridized carbons (Fsp3) is 0.154. The topological polar surface area (TPSA) is 37.1 Å². The number of hydrogen-bond acceptors (Lipinski definition) is 3. The van der Waals surface area contributed by atoms with Gasteiger partial charge in [0.15, 0.2) is 0 Å². The van der Waals surface area contributed by atoms with Gasteiger partial charge < -0.3 is 0 Å². The van der Waals surface area contributed by atoms with Gasteiger partial charge in [-0.25, -0.2) is 12.7 Å². The van der Waals surface area contributed by atoms with Gasteiger partial charge in [0.05, 0.1) is 27.8 Å². The highest BCUT2D eigenvalue weighted by Gasteiger charge is 2.55. The Labute approximate surface area is 197 Å². The maximum atomic E-state index is 13.6. The third-order valence-electron chi connectivity index (χ3n) is 5.68. The summed E-state index contributed by atoms with van der Waals surface area (Å²) in [5.74, 6) is 0. The van der Waals surface area contributed by atoms with Crippen LogP contribution in [-0.4, -0.2) is 12.7 Å². The maximum Gasteiger partial charge on any atom is 0.128 e. The summed E-state index contributed by atoms with van der Waals surface area (Å²) in [5.41, 5.74) is 3.26. The smallest absolute Gasteiger partial charge is 0.128 e. The number of aryl methyl sites for hydroxylation is 2. The average Bonchev–Trinajstić information content (AvgIpc) is 3.31. The summed E-state index contributed by atoms with van der Waals surface area (Å²) in [7, 11) is -2.61. The van der Waals surface area contributed by atoms with Gasteiger partial charge in [-0.15, -0.1) is 11.3 Å². The van der Waals surface area contributed by atoms with Gasteiger partial charge in [0.2, 0.25) is 0 Å². The van der Waals surface area contributed by atoms with Crippen molar-refractivity contribution in [1.29, 1.82) is 0 Å². The van der Waals surface area contributed by atoms with Gasteiger partial charge in [0, 0.05) is 14.7 Å². The summed E-state index contributed by atoms with van der Waals surface area (Å²) in [5, 5.41) is 2.05. The summed E-state index contributed by atoms with van der Waals surface area (Å²) in [6, 6.07) is 27.6. The van der Waals surface area contributed by atoms with Crippen LogP contribution in [-0.2, 0) is 21.8 Å². The molecule has 1 aromatic heterocycles. The first-order valence-corrected chi connectivity index (χ1v) is 13.6. The molecule has 1 saturated heterocycles. The molecule has 2 heterocycles. The first-order chi connectivity index (χ1) is 15.5. The predicted molar refractivity (Wildman–Crippen MR) is 132 cm³/mol. The average molecular weight is 478 g/mol. The highest BCUT2D eigenvalue weighted by molar-refractivity contribution is 7.85. The minimum Gasteiger partial charge on any atom is -0.249 e. The van der Waals surface area contributed by atoms with Gasteiger partial charge in [0.25, 0.3) is 0 Å². The van der Waals surface area contributed by atoms with Crippen molar-refractivity contribution in [1.82, 2.24) is 4.31 Å². The Morgan fingerprint density at radius 2 is 1.34 bits per heavy atom. The van der Waals surface area contributed by atoms with E-state index in [1.807, 2.05) is 102 Å². The van der Waals surface area contributed by atoms with Crippen LogP contribution < -0.4 is 0 Å². The Morgan fingerprint density at radius 3 is 1.97 bits per heavy atom. The Kier molecular flexibility index (Phi) is 5.95. The van der Waals surface area contributed by atoms with Crippen molar-refractivity contribution in [3.05, 3.63) is 112 Å². The first-order valence-electron chi connectivity index (χ1n) is 10.4. The van der Waals surface area contributed by atoms with Crippen LogP contribution in [0, 0.1) is 13.8 Å². The van der Waals surface area contributed by atoms with Crippen molar-refractivity contribution in [2.75, 3.05) is 0 Å². The summed E-state index contributed by atoms with van der Waals surface area (Å²) in [6.45, 7) is 4.05. The molecular weight excluding hydrogens is 454 g/mol. The molecule has 5 rings (SSSR count). The molecule has 1 aliphatic rings. The number of hydrogen-bond donors (Lipinski definition) is 0. The van der Waals surface area contributed by atoms with E-state index in [4.69, 9.17) is 0 Å². The lowest BCUT2D eigenvalue weighted by Crippen LogP contribution is -2.06. The Hall–Kier alpha value is -2.38. The second-order valence-corrected chi connectivity index (χ2v) is 11.8. The molecule has 3 nitrogen and oxygen atoms in total. The van der Waals surface area contributed by atoms with Gasteiger partial charge in [-0.2, -0.15) is 0 Å². The molecule has 6 heteroatoms. The maximum absolute atomic E-state index is 13.6. The van der Waals surface area contributed by atoms with E-state index < -0.39 is 21.8 Å². The predicted octanol–water partition coefficient (Wildman–Crippen LogP) is 6.35. The quantitative estimate of drug-likeness (QED) is 0.303. The number of rotatable bonds is 6. The number of nitrogens with zero attached hydrogens (tertiary/aromatic N) is 1. The van der Waals surface area contributed by atoms with E-state index in [0.29, 0.717) is 0 Å². The Morgan fingerprint density at radius 1 is 0.719 bits per heavy atom. The standard InChI is InChI=1S/C26H23NO2S3/c1-18-9-13-20(14-10-18)31(28)24-8-4-3-6-22(24)25-26(23-7-5-17-30-23)27(25)32(29)21-15-11-19(2)12-16-21/h3-17,25-26H,1-2H3/t25-,26+,27?,31-,32+/m0/s1. The molecule has 1 unspecified atom stereocenters. The second-order valence-electron chi connectivity index (χ2n) is 7.95. The van der Waals surface area contributed by atoms with Gasteiger partial charge in [-0.1, -0.05) is 59.7 Å². The second kappa shape index (κ2) is 8.87. The molecule has 0 spiro atoms. The van der Waals surface area contributed by atoms with Crippen LogP contribution in [0.3, 0.4) is 0 Å². The molecule has 3 aromatic carbocycles. The molecular formula is C26H23NO2S3. The van der Waals surface area contributed by atoms with Crippen molar-refractivity contribution >= 4 is 33.1 Å². The third kappa shape index (κ3) is 4.04. The van der Waals surface area contributed by atoms with E-state index in [1.165, 1.54) is 4.88 Å². The van der Waals surface area contributed by atoms with E-state index in [9.17, 15) is 8.42 Å². The minimum atomic E-state index is -1.31. The summed E-state index contributed by atoms with van der Waals surface area (Å²) < 4.78 is 29.1. The Balaban J connectivity index is 1.54. The lowest BCUT2D eigenvalue weighted by molar-refractivity contribution is 0.638. The minimum absolute atomic E-state index is 0.00769. The van der Waals surface area contributed by atoms with E-state index in [2.05, 4.69) is 6.07 Å². The molecule has 32 heavy (non-hydrogen) atoms. The fourth-order valence-electron chi connectivity index (χ4n) is 3.92. The van der Waals surface area contributed by atoms with Crippen LogP contribution in [0.4, 0.5) is 0 Å². The fourth-order valence-corrected chi connectivity index (χ4v) is 7.51.